The Morgan fingerprint density at radius 3 is 2.63 bits per heavy atom. The molecule has 0 spiro atoms. The van der Waals surface area contributed by atoms with Gasteiger partial charge in [0.2, 0.25) is 0 Å². The number of hydrogen-bond donors (Lipinski definition) is 1. The molecular weight excluding hydrogens is 336 g/mol. The molecule has 0 amide bonds. The lowest BCUT2D eigenvalue weighted by Crippen LogP contribution is -2.52. The number of carbonyl (C=O) groups excluding carboxylic acids is 1. The van der Waals surface area contributed by atoms with Crippen LogP contribution in [0.25, 0.3) is 0 Å². The van der Waals surface area contributed by atoms with Crippen molar-refractivity contribution in [3.05, 3.63) is 12.7 Å². The number of carbonyl (C=O) groups is 1. The maximum atomic E-state index is 12.5. The largest absolute Gasteiger partial charge is 0.387 e. The normalized spacial score (nSPS) is 49.0. The van der Waals surface area contributed by atoms with Crippen molar-refractivity contribution < 1.29 is 14.6 Å². The summed E-state index contributed by atoms with van der Waals surface area (Å²) in [6, 6.07) is 0. The summed E-state index contributed by atoms with van der Waals surface area (Å²) in [6.07, 6.45) is 11.9. The van der Waals surface area contributed by atoms with Gasteiger partial charge in [0.05, 0.1) is 12.2 Å². The summed E-state index contributed by atoms with van der Waals surface area (Å²) >= 11 is 0. The van der Waals surface area contributed by atoms with E-state index in [1.165, 1.54) is 32.1 Å². The maximum absolute atomic E-state index is 12.5. The fourth-order valence-corrected chi connectivity index (χ4v) is 8.00. The van der Waals surface area contributed by atoms with Crippen molar-refractivity contribution in [1.82, 2.24) is 0 Å². The van der Waals surface area contributed by atoms with E-state index < -0.39 is 5.60 Å². The minimum absolute atomic E-state index is 0.198. The van der Waals surface area contributed by atoms with Crippen molar-refractivity contribution in [2.45, 2.75) is 77.2 Å². The van der Waals surface area contributed by atoms with Crippen LogP contribution in [0.5, 0.6) is 0 Å². The standard InChI is InChI=1S/C24H38O3/c1-4-22(25)21-9-8-20-19-7-6-16-14-24(26,15-27-5-2)13-11-17(16)18(19)10-12-23(20,21)3/h4,16-21,26H,1,5-15H2,2-3H3/t16-,17+,18-,19-,20+,21-,23+,24-/m1/s1. The van der Waals surface area contributed by atoms with E-state index in [0.717, 1.165) is 49.4 Å². The van der Waals surface area contributed by atoms with Gasteiger partial charge >= 0.3 is 0 Å². The summed E-state index contributed by atoms with van der Waals surface area (Å²) in [5.74, 6) is 4.27. The summed E-state index contributed by atoms with van der Waals surface area (Å²) < 4.78 is 5.59. The van der Waals surface area contributed by atoms with Crippen LogP contribution < -0.4 is 0 Å². The second-order valence-electron chi connectivity index (χ2n) is 10.3. The Morgan fingerprint density at radius 1 is 1.11 bits per heavy atom. The molecule has 27 heavy (non-hydrogen) atoms. The zero-order valence-electron chi connectivity index (χ0n) is 17.3. The van der Waals surface area contributed by atoms with Gasteiger partial charge in [-0.25, -0.2) is 0 Å². The molecule has 4 aliphatic carbocycles. The van der Waals surface area contributed by atoms with Gasteiger partial charge in [0.25, 0.3) is 0 Å². The van der Waals surface area contributed by atoms with Gasteiger partial charge in [-0.2, -0.15) is 0 Å². The van der Waals surface area contributed by atoms with E-state index in [2.05, 4.69) is 13.5 Å². The first-order valence-corrected chi connectivity index (χ1v) is 11.4. The molecule has 4 fully saturated rings. The minimum atomic E-state index is -0.595. The highest BCUT2D eigenvalue weighted by atomic mass is 16.5. The molecule has 0 aliphatic heterocycles. The van der Waals surface area contributed by atoms with Gasteiger partial charge in [0.15, 0.2) is 5.78 Å². The van der Waals surface area contributed by atoms with Crippen LogP contribution in [0.4, 0.5) is 0 Å². The average molecular weight is 375 g/mol. The predicted octanol–water partition coefficient (Wildman–Crippen LogP) is 4.78. The number of rotatable bonds is 5. The van der Waals surface area contributed by atoms with Crippen LogP contribution in [0, 0.1) is 40.9 Å². The van der Waals surface area contributed by atoms with Crippen LogP contribution in [-0.2, 0) is 9.53 Å². The third-order valence-electron chi connectivity index (χ3n) is 9.22. The van der Waals surface area contributed by atoms with Crippen LogP contribution >= 0.6 is 0 Å². The lowest BCUT2D eigenvalue weighted by Gasteiger charge is -2.57. The van der Waals surface area contributed by atoms with E-state index in [0.29, 0.717) is 19.1 Å². The van der Waals surface area contributed by atoms with Gasteiger partial charge in [-0.1, -0.05) is 13.5 Å². The van der Waals surface area contributed by atoms with Gasteiger partial charge < -0.3 is 9.84 Å². The number of aliphatic hydroxyl groups is 1. The summed E-state index contributed by atoms with van der Waals surface area (Å²) in [5, 5.41) is 11.0. The fraction of sp³-hybridized carbons (Fsp3) is 0.875. The summed E-state index contributed by atoms with van der Waals surface area (Å²) in [6.45, 7) is 9.36. The number of ether oxygens (including phenoxy) is 1. The third-order valence-corrected chi connectivity index (χ3v) is 9.22. The smallest absolute Gasteiger partial charge is 0.158 e. The van der Waals surface area contributed by atoms with Crippen LogP contribution in [0.15, 0.2) is 12.7 Å². The van der Waals surface area contributed by atoms with Crippen LogP contribution in [0.2, 0.25) is 0 Å². The number of fused-ring (bicyclic) bond motifs is 5. The highest BCUT2D eigenvalue weighted by Crippen LogP contribution is 2.64. The molecule has 8 atom stereocenters. The molecule has 0 saturated heterocycles. The Kier molecular flexibility index (Phi) is 5.31. The Balaban J connectivity index is 1.48. The van der Waals surface area contributed by atoms with E-state index in [-0.39, 0.29) is 17.1 Å². The van der Waals surface area contributed by atoms with Gasteiger partial charge in [0.1, 0.15) is 0 Å². The third kappa shape index (κ3) is 3.23. The van der Waals surface area contributed by atoms with Crippen molar-refractivity contribution in [2.75, 3.05) is 13.2 Å². The molecule has 0 heterocycles. The van der Waals surface area contributed by atoms with E-state index in [1.54, 1.807) is 6.08 Å². The van der Waals surface area contributed by atoms with Crippen LogP contribution in [-0.4, -0.2) is 29.7 Å². The molecule has 0 unspecified atom stereocenters. The molecule has 3 heteroatoms. The molecule has 4 rings (SSSR count). The fourth-order valence-electron chi connectivity index (χ4n) is 8.00. The number of allylic oxidation sites excluding steroid dienone is 1. The Bertz CT molecular complexity index is 586. The Labute approximate surface area is 164 Å². The van der Waals surface area contributed by atoms with E-state index >= 15 is 0 Å². The van der Waals surface area contributed by atoms with Crippen molar-refractivity contribution in [3.8, 4) is 0 Å². The lowest BCUT2D eigenvalue weighted by molar-refractivity contribution is -0.135. The average Bonchev–Trinajstić information content (AvgIpc) is 3.02. The molecule has 0 aromatic carbocycles. The minimum Gasteiger partial charge on any atom is -0.387 e. The topological polar surface area (TPSA) is 46.5 Å². The van der Waals surface area contributed by atoms with Crippen molar-refractivity contribution in [1.29, 1.82) is 0 Å². The highest BCUT2D eigenvalue weighted by molar-refractivity contribution is 5.92. The molecule has 0 aromatic rings. The molecule has 4 saturated carbocycles. The molecule has 1 N–H and O–H groups in total. The summed E-state index contributed by atoms with van der Waals surface area (Å²) in [7, 11) is 0. The second-order valence-corrected chi connectivity index (χ2v) is 10.3. The summed E-state index contributed by atoms with van der Waals surface area (Å²) in [5.41, 5.74) is -0.397. The number of hydrogen-bond acceptors (Lipinski definition) is 3. The van der Waals surface area contributed by atoms with Gasteiger partial charge in [-0.05, 0) is 106 Å². The Morgan fingerprint density at radius 2 is 1.89 bits per heavy atom. The zero-order chi connectivity index (χ0) is 19.2. The lowest BCUT2D eigenvalue weighted by atomic mass is 9.49. The van der Waals surface area contributed by atoms with E-state index in [1.807, 2.05) is 6.92 Å². The van der Waals surface area contributed by atoms with E-state index in [4.69, 9.17) is 4.74 Å². The molecule has 0 radical (unpaired) electrons. The van der Waals surface area contributed by atoms with Gasteiger partial charge in [-0.3, -0.25) is 4.79 Å². The second kappa shape index (κ2) is 7.30. The van der Waals surface area contributed by atoms with Crippen LogP contribution in [0.3, 0.4) is 0 Å². The van der Waals surface area contributed by atoms with Crippen LogP contribution in [0.1, 0.15) is 71.6 Å². The summed E-state index contributed by atoms with van der Waals surface area (Å²) in [4.78, 5) is 12.5. The van der Waals surface area contributed by atoms with Crippen molar-refractivity contribution in [3.63, 3.8) is 0 Å². The molecule has 0 aromatic heterocycles. The zero-order valence-corrected chi connectivity index (χ0v) is 17.3. The molecular formula is C24H38O3. The van der Waals surface area contributed by atoms with Crippen molar-refractivity contribution in [2.24, 2.45) is 40.9 Å². The Hall–Kier alpha value is -0.670. The first-order chi connectivity index (χ1) is 12.9. The van der Waals surface area contributed by atoms with Gasteiger partial charge in [0, 0.05) is 12.5 Å². The molecule has 152 valence electrons. The SMILES string of the molecule is C=CC(=O)[C@H]1CC[C@H]2[C@@H]3CC[C@@H]4C[C@@](O)(COCC)CC[C@@H]4[C@H]3CC[C@]12C. The number of ketones is 1. The van der Waals surface area contributed by atoms with E-state index in [9.17, 15) is 9.90 Å². The molecule has 3 nitrogen and oxygen atoms in total. The molecule has 0 bridgehead atoms. The molecule has 4 aliphatic rings. The highest BCUT2D eigenvalue weighted by Gasteiger charge is 2.58. The quantitative estimate of drug-likeness (QED) is 0.705. The maximum Gasteiger partial charge on any atom is 0.158 e. The van der Waals surface area contributed by atoms with Crippen molar-refractivity contribution >= 4 is 5.78 Å². The van der Waals surface area contributed by atoms with Gasteiger partial charge in [-0.15, -0.1) is 0 Å². The first kappa shape index (κ1) is 19.6. The predicted molar refractivity (Wildman–Crippen MR) is 107 cm³/mol. The monoisotopic (exact) mass is 374 g/mol. The first-order valence-electron chi connectivity index (χ1n) is 11.4.